The molecule has 3 aromatic carbocycles. The molecule has 0 aromatic heterocycles. The summed E-state index contributed by atoms with van der Waals surface area (Å²) < 4.78 is 19.7. The number of hydrogen-bond acceptors (Lipinski definition) is 5. The zero-order chi connectivity index (χ0) is 26.0. The van der Waals surface area contributed by atoms with Crippen LogP contribution in [0.25, 0.3) is 0 Å². The number of nitrogens with zero attached hydrogens (tertiary/aromatic N) is 2. The lowest BCUT2D eigenvalue weighted by atomic mass is 9.76. The number of piperidine rings is 1. The Morgan fingerprint density at radius 2 is 1.73 bits per heavy atom. The van der Waals surface area contributed by atoms with Gasteiger partial charge in [-0.3, -0.25) is 9.69 Å². The molecular weight excluding hydrogens is 471 g/mol. The van der Waals surface area contributed by atoms with Gasteiger partial charge in [0.15, 0.2) is 0 Å². The molecule has 7 heteroatoms. The summed E-state index contributed by atoms with van der Waals surface area (Å²) in [5, 5.41) is 19.3. The van der Waals surface area contributed by atoms with Crippen molar-refractivity contribution in [2.24, 2.45) is 5.92 Å². The number of hydrogen-bond donors (Lipinski definition) is 2. The highest BCUT2D eigenvalue weighted by Gasteiger charge is 2.40. The number of phenolic OH excluding ortho intramolecular Hbond substituents is 1. The molecule has 0 bridgehead atoms. The normalized spacial score (nSPS) is 20.4. The van der Waals surface area contributed by atoms with Gasteiger partial charge in [0.2, 0.25) is 0 Å². The number of aliphatic carboxylic acids is 1. The van der Waals surface area contributed by atoms with Gasteiger partial charge in [-0.1, -0.05) is 18.2 Å². The number of carbonyl (C=O) groups is 1. The lowest BCUT2D eigenvalue weighted by Crippen LogP contribution is -2.49. The van der Waals surface area contributed by atoms with Gasteiger partial charge in [0.1, 0.15) is 23.9 Å². The van der Waals surface area contributed by atoms with E-state index in [-0.39, 0.29) is 17.5 Å². The van der Waals surface area contributed by atoms with Gasteiger partial charge in [0.05, 0.1) is 11.5 Å². The van der Waals surface area contributed by atoms with E-state index in [4.69, 9.17) is 4.74 Å². The standard InChI is InChI=1S/C30H33FN2O4/c1-30(23-2-9-27(10-3-23)37-19-18-32-15-12-21(13-16-32)29(35)36)28-11-8-26(34)20-22(28)14-17-33(30)25-6-4-24(31)5-7-25/h2-11,20-21,34H,12-19H2,1H3,(H,35,36). The van der Waals surface area contributed by atoms with E-state index < -0.39 is 11.5 Å². The van der Waals surface area contributed by atoms with Crippen molar-refractivity contribution in [1.29, 1.82) is 0 Å². The average Bonchev–Trinajstić information content (AvgIpc) is 2.90. The van der Waals surface area contributed by atoms with Crippen LogP contribution in [-0.4, -0.2) is 53.9 Å². The molecular formula is C30H33FN2O4. The fourth-order valence-corrected chi connectivity index (χ4v) is 5.75. The minimum Gasteiger partial charge on any atom is -0.508 e. The van der Waals surface area contributed by atoms with Crippen molar-refractivity contribution >= 4 is 11.7 Å². The van der Waals surface area contributed by atoms with Gasteiger partial charge >= 0.3 is 5.97 Å². The molecule has 1 atom stereocenters. The predicted molar refractivity (Wildman–Crippen MR) is 141 cm³/mol. The average molecular weight is 505 g/mol. The largest absolute Gasteiger partial charge is 0.508 e. The van der Waals surface area contributed by atoms with Crippen LogP contribution in [0.15, 0.2) is 66.7 Å². The highest BCUT2D eigenvalue weighted by Crippen LogP contribution is 2.44. The van der Waals surface area contributed by atoms with E-state index in [1.54, 1.807) is 6.07 Å². The summed E-state index contributed by atoms with van der Waals surface area (Å²) >= 11 is 0. The third-order valence-electron chi connectivity index (χ3n) is 7.93. The van der Waals surface area contributed by atoms with Crippen LogP contribution in [0.4, 0.5) is 10.1 Å². The Labute approximate surface area is 216 Å². The molecule has 0 spiro atoms. The SMILES string of the molecule is CC1(c2ccc(OCCN3CCC(C(=O)O)CC3)cc2)c2ccc(O)cc2CCN1c1ccc(F)cc1. The van der Waals surface area contributed by atoms with Crippen LogP contribution in [0.1, 0.15) is 36.5 Å². The summed E-state index contributed by atoms with van der Waals surface area (Å²) in [4.78, 5) is 15.7. The van der Waals surface area contributed by atoms with Crippen molar-refractivity contribution in [3.8, 4) is 11.5 Å². The third kappa shape index (κ3) is 5.14. The fraction of sp³-hybridized carbons (Fsp3) is 0.367. The number of carboxylic acids is 1. The zero-order valence-corrected chi connectivity index (χ0v) is 21.1. The first kappa shape index (κ1) is 25.1. The molecule has 0 radical (unpaired) electrons. The molecule has 0 amide bonds. The zero-order valence-electron chi connectivity index (χ0n) is 21.1. The first-order valence-corrected chi connectivity index (χ1v) is 12.9. The minimum atomic E-state index is -0.694. The number of carboxylic acid groups (broad SMARTS) is 1. The molecule has 0 saturated carbocycles. The number of anilines is 1. The Morgan fingerprint density at radius 3 is 2.41 bits per heavy atom. The van der Waals surface area contributed by atoms with E-state index in [0.717, 1.165) is 60.7 Å². The predicted octanol–water partition coefficient (Wildman–Crippen LogP) is 5.03. The molecule has 2 aliphatic rings. The van der Waals surface area contributed by atoms with Crippen molar-refractivity contribution < 1.29 is 24.1 Å². The van der Waals surface area contributed by atoms with E-state index in [9.17, 15) is 19.4 Å². The van der Waals surface area contributed by atoms with Crippen LogP contribution in [-0.2, 0) is 16.8 Å². The summed E-state index contributed by atoms with van der Waals surface area (Å²) in [5.41, 5.74) is 3.71. The Hall–Kier alpha value is -3.58. The number of rotatable bonds is 7. The lowest BCUT2D eigenvalue weighted by Gasteiger charge is -2.48. The second-order valence-electron chi connectivity index (χ2n) is 10.1. The van der Waals surface area contributed by atoms with Crippen molar-refractivity contribution in [3.05, 3.63) is 89.2 Å². The number of halogens is 1. The van der Waals surface area contributed by atoms with Crippen LogP contribution < -0.4 is 9.64 Å². The van der Waals surface area contributed by atoms with Crippen molar-refractivity contribution in [2.45, 2.75) is 31.7 Å². The van der Waals surface area contributed by atoms with Crippen LogP contribution in [0, 0.1) is 11.7 Å². The topological polar surface area (TPSA) is 73.2 Å². The fourth-order valence-electron chi connectivity index (χ4n) is 5.75. The summed E-state index contributed by atoms with van der Waals surface area (Å²) in [6.45, 7) is 5.77. The molecule has 194 valence electrons. The Kier molecular flexibility index (Phi) is 7.07. The summed E-state index contributed by atoms with van der Waals surface area (Å²) in [5.74, 6) is -0.148. The van der Waals surface area contributed by atoms with Crippen molar-refractivity contribution in [2.75, 3.05) is 37.7 Å². The molecule has 3 aromatic rings. The van der Waals surface area contributed by atoms with Gasteiger partial charge in [-0.15, -0.1) is 0 Å². The lowest BCUT2D eigenvalue weighted by molar-refractivity contribution is -0.143. The highest BCUT2D eigenvalue weighted by atomic mass is 19.1. The number of ether oxygens (including phenoxy) is 1. The number of benzene rings is 3. The van der Waals surface area contributed by atoms with Crippen LogP contribution in [0.5, 0.6) is 11.5 Å². The maximum absolute atomic E-state index is 13.7. The number of fused-ring (bicyclic) bond motifs is 1. The molecule has 1 saturated heterocycles. The van der Waals surface area contributed by atoms with Gasteiger partial charge in [0.25, 0.3) is 0 Å². The number of likely N-dealkylation sites (tertiary alicyclic amines) is 1. The first-order chi connectivity index (χ1) is 17.8. The van der Waals surface area contributed by atoms with Gasteiger partial charge < -0.3 is 19.8 Å². The van der Waals surface area contributed by atoms with Crippen LogP contribution in [0.3, 0.4) is 0 Å². The maximum Gasteiger partial charge on any atom is 0.306 e. The summed E-state index contributed by atoms with van der Waals surface area (Å²) in [7, 11) is 0. The quantitative estimate of drug-likeness (QED) is 0.470. The maximum atomic E-state index is 13.7. The number of aromatic hydroxyl groups is 1. The molecule has 1 unspecified atom stereocenters. The second-order valence-corrected chi connectivity index (χ2v) is 10.1. The number of phenols is 1. The highest BCUT2D eigenvalue weighted by molar-refractivity contribution is 5.70. The molecule has 5 rings (SSSR count). The molecule has 2 N–H and O–H groups in total. The van der Waals surface area contributed by atoms with E-state index in [1.807, 2.05) is 36.4 Å². The van der Waals surface area contributed by atoms with Crippen molar-refractivity contribution in [1.82, 2.24) is 4.90 Å². The molecule has 2 heterocycles. The van der Waals surface area contributed by atoms with Gasteiger partial charge in [0, 0.05) is 18.8 Å². The van der Waals surface area contributed by atoms with E-state index in [1.165, 1.54) is 12.1 Å². The molecule has 37 heavy (non-hydrogen) atoms. The van der Waals surface area contributed by atoms with E-state index in [2.05, 4.69) is 28.9 Å². The van der Waals surface area contributed by atoms with Crippen molar-refractivity contribution in [3.63, 3.8) is 0 Å². The van der Waals surface area contributed by atoms with Crippen LogP contribution in [0.2, 0.25) is 0 Å². The molecule has 2 aliphatic heterocycles. The minimum absolute atomic E-state index is 0.227. The summed E-state index contributed by atoms with van der Waals surface area (Å²) in [6, 6.07) is 20.3. The Bertz CT molecular complexity index is 1240. The monoisotopic (exact) mass is 504 g/mol. The van der Waals surface area contributed by atoms with Gasteiger partial charge in [-0.25, -0.2) is 4.39 Å². The Morgan fingerprint density at radius 1 is 1.03 bits per heavy atom. The first-order valence-electron chi connectivity index (χ1n) is 12.9. The van der Waals surface area contributed by atoms with Gasteiger partial charge in [-0.05, 0) is 104 Å². The van der Waals surface area contributed by atoms with E-state index in [0.29, 0.717) is 19.4 Å². The molecule has 0 aliphatic carbocycles. The Balaban J connectivity index is 1.33. The smallest absolute Gasteiger partial charge is 0.306 e. The third-order valence-corrected chi connectivity index (χ3v) is 7.93. The molecule has 1 fully saturated rings. The van der Waals surface area contributed by atoms with Crippen LogP contribution >= 0.6 is 0 Å². The molecule has 6 nitrogen and oxygen atoms in total. The summed E-state index contributed by atoms with van der Waals surface area (Å²) in [6.07, 6.45) is 2.15. The van der Waals surface area contributed by atoms with E-state index >= 15 is 0 Å². The second kappa shape index (κ2) is 10.4. The van der Waals surface area contributed by atoms with Gasteiger partial charge in [-0.2, -0.15) is 0 Å².